The van der Waals surface area contributed by atoms with E-state index in [1.165, 1.54) is 31.3 Å². The number of anilines is 1. The molecule has 0 fully saturated rings. The summed E-state index contributed by atoms with van der Waals surface area (Å²) in [6.45, 7) is 0. The fourth-order valence-electron chi connectivity index (χ4n) is 0.788. The van der Waals surface area contributed by atoms with Crippen LogP contribution >= 0.6 is 10.7 Å². The molecule has 1 aromatic carbocycles. The average molecular weight is 222 g/mol. The molecule has 1 rings (SSSR count). The van der Waals surface area contributed by atoms with Gasteiger partial charge in [0, 0.05) is 17.7 Å². The Bertz CT molecular complexity index is 387. The summed E-state index contributed by atoms with van der Waals surface area (Å²) in [6.07, 6.45) is 0. The Kier molecular flexibility index (Phi) is 2.68. The van der Waals surface area contributed by atoms with Gasteiger partial charge >= 0.3 is 9.24 Å². The molecule has 0 heterocycles. The fourth-order valence-corrected chi connectivity index (χ4v) is 1.40. The van der Waals surface area contributed by atoms with Gasteiger partial charge in [-0.05, 0) is 24.3 Å². The highest BCUT2D eigenvalue weighted by atomic mass is 35.7. The zero-order valence-corrected chi connectivity index (χ0v) is 8.38. The summed E-state index contributed by atoms with van der Waals surface area (Å²) in [5.74, 6) is 0.0733. The van der Waals surface area contributed by atoms with E-state index in [1.807, 2.05) is 0 Å². The van der Waals surface area contributed by atoms with Crippen molar-refractivity contribution < 1.29 is 13.5 Å². The van der Waals surface area contributed by atoms with E-state index < -0.39 is 9.24 Å². The van der Waals surface area contributed by atoms with Gasteiger partial charge in [-0.25, -0.2) is 0 Å². The van der Waals surface area contributed by atoms with E-state index in [0.717, 1.165) is 4.31 Å². The lowest BCUT2D eigenvalue weighted by molar-refractivity contribution is 0.475. The van der Waals surface area contributed by atoms with Crippen LogP contribution in [0, 0.1) is 0 Å². The first-order valence-electron chi connectivity index (χ1n) is 3.39. The maximum Gasteiger partial charge on any atom is 0.321 e. The number of phenols is 1. The van der Waals surface area contributed by atoms with Gasteiger partial charge < -0.3 is 5.11 Å². The SMILES string of the molecule is CN(c1ccc(O)cc1)S(=O)(=O)Cl. The van der Waals surface area contributed by atoms with Gasteiger partial charge in [-0.15, -0.1) is 0 Å². The Balaban J connectivity index is 3.04. The maximum atomic E-state index is 10.8. The number of halogens is 1. The van der Waals surface area contributed by atoms with Crippen LogP contribution < -0.4 is 4.31 Å². The Labute approximate surface area is 80.9 Å². The largest absolute Gasteiger partial charge is 0.508 e. The maximum absolute atomic E-state index is 10.8. The molecule has 72 valence electrons. The number of hydrogen-bond donors (Lipinski definition) is 1. The highest BCUT2D eigenvalue weighted by molar-refractivity contribution is 8.14. The summed E-state index contributed by atoms with van der Waals surface area (Å²) >= 11 is 0. The monoisotopic (exact) mass is 221 g/mol. The molecule has 0 unspecified atom stereocenters. The lowest BCUT2D eigenvalue weighted by Gasteiger charge is -2.14. The lowest BCUT2D eigenvalue weighted by Crippen LogP contribution is -2.20. The number of aromatic hydroxyl groups is 1. The van der Waals surface area contributed by atoms with E-state index in [2.05, 4.69) is 0 Å². The summed E-state index contributed by atoms with van der Waals surface area (Å²) in [7, 11) is 2.68. The second kappa shape index (κ2) is 3.43. The first-order chi connectivity index (χ1) is 5.91. The molecule has 6 heteroatoms. The van der Waals surface area contributed by atoms with Gasteiger partial charge in [0.05, 0.1) is 5.69 Å². The number of hydrogen-bond acceptors (Lipinski definition) is 3. The van der Waals surface area contributed by atoms with Crippen molar-refractivity contribution in [2.75, 3.05) is 11.4 Å². The van der Waals surface area contributed by atoms with Crippen molar-refractivity contribution in [2.24, 2.45) is 0 Å². The molecule has 0 bridgehead atoms. The first-order valence-corrected chi connectivity index (χ1v) is 5.65. The van der Waals surface area contributed by atoms with E-state index in [-0.39, 0.29) is 5.75 Å². The second-order valence-electron chi connectivity index (χ2n) is 2.43. The van der Waals surface area contributed by atoms with Crippen LogP contribution in [0.5, 0.6) is 5.75 Å². The number of phenolic OH excluding ortho intramolecular Hbond substituents is 1. The van der Waals surface area contributed by atoms with E-state index >= 15 is 0 Å². The molecule has 13 heavy (non-hydrogen) atoms. The Morgan fingerprint density at radius 1 is 1.31 bits per heavy atom. The number of nitrogens with zero attached hydrogens (tertiary/aromatic N) is 1. The van der Waals surface area contributed by atoms with Gasteiger partial charge in [0.1, 0.15) is 5.75 Å². The number of benzene rings is 1. The normalized spacial score (nSPS) is 11.2. The van der Waals surface area contributed by atoms with Crippen LogP contribution in [-0.4, -0.2) is 20.6 Å². The summed E-state index contributed by atoms with van der Waals surface area (Å²) < 4.78 is 22.6. The smallest absolute Gasteiger partial charge is 0.321 e. The minimum absolute atomic E-state index is 0.0733. The number of rotatable bonds is 2. The Morgan fingerprint density at radius 3 is 2.15 bits per heavy atom. The average Bonchev–Trinajstić information content (AvgIpc) is 2.03. The van der Waals surface area contributed by atoms with Crippen LogP contribution in [0.15, 0.2) is 24.3 Å². The van der Waals surface area contributed by atoms with Gasteiger partial charge in [0.25, 0.3) is 0 Å². The van der Waals surface area contributed by atoms with Crippen molar-refractivity contribution >= 4 is 25.6 Å². The molecular weight excluding hydrogens is 214 g/mol. The summed E-state index contributed by atoms with van der Waals surface area (Å²) in [4.78, 5) is 0. The highest BCUT2D eigenvalue weighted by Crippen LogP contribution is 2.20. The zero-order valence-electron chi connectivity index (χ0n) is 6.81. The molecule has 0 atom stereocenters. The van der Waals surface area contributed by atoms with Crippen molar-refractivity contribution in [1.29, 1.82) is 0 Å². The van der Waals surface area contributed by atoms with Crippen molar-refractivity contribution in [1.82, 2.24) is 0 Å². The molecule has 0 saturated heterocycles. The summed E-state index contributed by atoms with van der Waals surface area (Å²) in [6, 6.07) is 5.67. The predicted octanol–water partition coefficient (Wildman–Crippen LogP) is 1.31. The van der Waals surface area contributed by atoms with Crippen molar-refractivity contribution in [3.05, 3.63) is 24.3 Å². The summed E-state index contributed by atoms with van der Waals surface area (Å²) in [5, 5.41) is 8.94. The van der Waals surface area contributed by atoms with Crippen LogP contribution in [0.25, 0.3) is 0 Å². The van der Waals surface area contributed by atoms with E-state index in [1.54, 1.807) is 0 Å². The third-order valence-corrected chi connectivity index (χ3v) is 3.03. The van der Waals surface area contributed by atoms with Gasteiger partial charge in [0.2, 0.25) is 0 Å². The summed E-state index contributed by atoms with van der Waals surface area (Å²) in [5.41, 5.74) is 0.396. The van der Waals surface area contributed by atoms with Gasteiger partial charge in [-0.3, -0.25) is 4.31 Å². The predicted molar refractivity (Wildman–Crippen MR) is 51.3 cm³/mol. The third kappa shape index (κ3) is 2.50. The first kappa shape index (κ1) is 10.1. The molecule has 0 spiro atoms. The van der Waals surface area contributed by atoms with Crippen LogP contribution in [0.1, 0.15) is 0 Å². The van der Waals surface area contributed by atoms with Gasteiger partial charge in [-0.2, -0.15) is 8.42 Å². The Morgan fingerprint density at radius 2 is 1.77 bits per heavy atom. The molecule has 0 radical (unpaired) electrons. The van der Waals surface area contributed by atoms with Crippen LogP contribution in [0.2, 0.25) is 0 Å². The molecule has 4 nitrogen and oxygen atoms in total. The minimum Gasteiger partial charge on any atom is -0.508 e. The van der Waals surface area contributed by atoms with E-state index in [9.17, 15) is 8.42 Å². The standard InChI is InChI=1S/C7H8ClNO3S/c1-9(13(8,11)12)6-2-4-7(10)5-3-6/h2-5,10H,1H3. The van der Waals surface area contributed by atoms with Crippen molar-refractivity contribution in [2.45, 2.75) is 0 Å². The molecule has 0 aromatic heterocycles. The van der Waals surface area contributed by atoms with Crippen LogP contribution in [-0.2, 0) is 9.24 Å². The molecular formula is C7H8ClNO3S. The van der Waals surface area contributed by atoms with Crippen molar-refractivity contribution in [3.63, 3.8) is 0 Å². The lowest BCUT2D eigenvalue weighted by atomic mass is 10.3. The van der Waals surface area contributed by atoms with Crippen LogP contribution in [0.3, 0.4) is 0 Å². The van der Waals surface area contributed by atoms with E-state index in [4.69, 9.17) is 15.8 Å². The molecule has 0 aliphatic carbocycles. The van der Waals surface area contributed by atoms with Gasteiger partial charge in [-0.1, -0.05) is 0 Å². The topological polar surface area (TPSA) is 57.6 Å². The molecule has 1 N–H and O–H groups in total. The van der Waals surface area contributed by atoms with E-state index in [0.29, 0.717) is 5.69 Å². The molecule has 0 saturated carbocycles. The molecule has 1 aromatic rings. The molecule has 0 amide bonds. The second-order valence-corrected chi connectivity index (χ2v) is 4.97. The highest BCUT2D eigenvalue weighted by Gasteiger charge is 2.13. The molecule has 0 aliphatic heterocycles. The quantitative estimate of drug-likeness (QED) is 0.767. The van der Waals surface area contributed by atoms with Crippen LogP contribution in [0.4, 0.5) is 5.69 Å². The van der Waals surface area contributed by atoms with Gasteiger partial charge in [0.15, 0.2) is 0 Å². The third-order valence-electron chi connectivity index (χ3n) is 1.54. The minimum atomic E-state index is -3.74. The Hall–Kier alpha value is -0.940. The van der Waals surface area contributed by atoms with Crippen molar-refractivity contribution in [3.8, 4) is 5.75 Å². The zero-order chi connectivity index (χ0) is 10.1. The fraction of sp³-hybridized carbons (Fsp3) is 0.143. The molecule has 0 aliphatic rings.